The minimum absolute atomic E-state index is 0.0880. The molecule has 0 fully saturated rings. The van der Waals surface area contributed by atoms with E-state index in [-0.39, 0.29) is 17.2 Å². The first-order valence-electron chi connectivity index (χ1n) is 10.4. The van der Waals surface area contributed by atoms with Gasteiger partial charge in [0, 0.05) is 20.3 Å². The van der Waals surface area contributed by atoms with Crippen molar-refractivity contribution in [3.63, 3.8) is 0 Å². The number of methoxy groups -OCH3 is 1. The van der Waals surface area contributed by atoms with Crippen molar-refractivity contribution in [2.45, 2.75) is 25.4 Å². The molecule has 8 nitrogen and oxygen atoms in total. The monoisotopic (exact) mass is 451 g/mol. The number of nitrogens with zero attached hydrogens (tertiary/aromatic N) is 4. The number of fused-ring (bicyclic) bond motifs is 3. The molecule has 1 N–H and O–H groups in total. The summed E-state index contributed by atoms with van der Waals surface area (Å²) in [5.74, 6) is 0.533. The lowest BCUT2D eigenvalue weighted by atomic mass is 10.1. The van der Waals surface area contributed by atoms with E-state index in [9.17, 15) is 9.59 Å². The number of aryl methyl sites for hydroxylation is 2. The van der Waals surface area contributed by atoms with Crippen molar-refractivity contribution in [1.82, 2.24) is 24.5 Å². The molecule has 0 aliphatic heterocycles. The second-order valence-electron chi connectivity index (χ2n) is 7.55. The largest absolute Gasteiger partial charge is 0.385 e. The summed E-state index contributed by atoms with van der Waals surface area (Å²) in [6, 6.07) is 13.4. The topological polar surface area (TPSA) is 90.5 Å². The fourth-order valence-electron chi connectivity index (χ4n) is 3.58. The molecule has 2 aromatic carbocycles. The Hall–Kier alpha value is -3.17. The zero-order chi connectivity index (χ0) is 22.7. The van der Waals surface area contributed by atoms with Gasteiger partial charge in [-0.1, -0.05) is 36.0 Å². The van der Waals surface area contributed by atoms with Gasteiger partial charge in [0.1, 0.15) is 0 Å². The van der Waals surface area contributed by atoms with Crippen molar-refractivity contribution in [3.8, 4) is 5.69 Å². The van der Waals surface area contributed by atoms with Gasteiger partial charge >= 0.3 is 0 Å². The van der Waals surface area contributed by atoms with Crippen molar-refractivity contribution >= 4 is 34.3 Å². The number of nitrogens with one attached hydrogen (secondary N) is 1. The predicted molar refractivity (Wildman–Crippen MR) is 126 cm³/mol. The lowest BCUT2D eigenvalue weighted by Gasteiger charge is -2.14. The zero-order valence-corrected chi connectivity index (χ0v) is 19.1. The highest BCUT2D eigenvalue weighted by atomic mass is 32.2. The molecule has 0 saturated carbocycles. The van der Waals surface area contributed by atoms with Crippen molar-refractivity contribution in [1.29, 1.82) is 0 Å². The molecule has 9 heteroatoms. The lowest BCUT2D eigenvalue weighted by molar-refractivity contribution is -0.118. The Balaban J connectivity index is 1.78. The molecule has 0 spiro atoms. The summed E-state index contributed by atoms with van der Waals surface area (Å²) in [7, 11) is 1.64. The molecule has 0 unspecified atom stereocenters. The quantitative estimate of drug-likeness (QED) is 0.327. The van der Waals surface area contributed by atoms with Crippen LogP contribution in [-0.4, -0.2) is 51.1 Å². The first kappa shape index (κ1) is 22.0. The second kappa shape index (κ2) is 9.54. The number of carbonyl (C=O) groups is 1. The Morgan fingerprint density at radius 1 is 1.16 bits per heavy atom. The maximum absolute atomic E-state index is 13.5. The molecule has 2 heterocycles. The molecule has 32 heavy (non-hydrogen) atoms. The molecule has 0 aliphatic carbocycles. The number of amides is 1. The van der Waals surface area contributed by atoms with Gasteiger partial charge in [-0.05, 0) is 49.6 Å². The van der Waals surface area contributed by atoms with Gasteiger partial charge in [-0.3, -0.25) is 14.0 Å². The van der Waals surface area contributed by atoms with Crippen LogP contribution in [0.25, 0.3) is 22.4 Å². The Morgan fingerprint density at radius 3 is 2.78 bits per heavy atom. The van der Waals surface area contributed by atoms with E-state index in [0.717, 1.165) is 23.2 Å². The minimum atomic E-state index is -0.151. The van der Waals surface area contributed by atoms with Crippen LogP contribution in [0.3, 0.4) is 0 Å². The summed E-state index contributed by atoms with van der Waals surface area (Å²) in [5, 5.41) is 12.7. The van der Waals surface area contributed by atoms with Crippen LogP contribution in [0.1, 0.15) is 17.5 Å². The summed E-state index contributed by atoms with van der Waals surface area (Å²) >= 11 is 1.29. The summed E-state index contributed by atoms with van der Waals surface area (Å²) in [4.78, 5) is 25.7. The zero-order valence-electron chi connectivity index (χ0n) is 18.3. The van der Waals surface area contributed by atoms with Crippen LogP contribution in [0, 0.1) is 13.8 Å². The standard InChI is InChI=1S/C23H25N5O3S/c1-15-9-10-16(2)19(13-15)27-21(30)17-7-4-5-8-18(17)28-22(27)25-26-23(28)32-14-20(29)24-11-6-12-31-3/h4-5,7-10,13H,6,11-12,14H2,1-3H3,(H,24,29). The first-order chi connectivity index (χ1) is 15.5. The third kappa shape index (κ3) is 4.26. The number of rotatable bonds is 8. The number of aromatic nitrogens is 4. The van der Waals surface area contributed by atoms with Crippen LogP contribution in [0.4, 0.5) is 0 Å². The van der Waals surface area contributed by atoms with E-state index >= 15 is 0 Å². The van der Waals surface area contributed by atoms with Crippen LogP contribution in [0.15, 0.2) is 52.4 Å². The van der Waals surface area contributed by atoms with Gasteiger partial charge in [0.25, 0.3) is 5.56 Å². The van der Waals surface area contributed by atoms with Crippen LogP contribution >= 0.6 is 11.8 Å². The maximum atomic E-state index is 13.5. The van der Waals surface area contributed by atoms with Crippen molar-refractivity contribution in [2.24, 2.45) is 0 Å². The Labute approximate surface area is 189 Å². The number of hydrogen-bond donors (Lipinski definition) is 1. The lowest BCUT2D eigenvalue weighted by Crippen LogP contribution is -2.27. The van der Waals surface area contributed by atoms with Crippen LogP contribution in [0.2, 0.25) is 0 Å². The SMILES string of the molecule is COCCCNC(=O)CSc1nnc2n(-c3cc(C)ccc3C)c(=O)c3ccccc3n12. The molecule has 0 saturated heterocycles. The van der Waals surface area contributed by atoms with Gasteiger partial charge in [0.15, 0.2) is 5.16 Å². The second-order valence-corrected chi connectivity index (χ2v) is 8.49. The summed E-state index contributed by atoms with van der Waals surface area (Å²) in [6.45, 7) is 5.11. The predicted octanol–water partition coefficient (Wildman–Crippen LogP) is 2.90. The number of carbonyl (C=O) groups excluding carboxylic acids is 1. The Morgan fingerprint density at radius 2 is 1.97 bits per heavy atom. The molecule has 0 atom stereocenters. The highest BCUT2D eigenvalue weighted by Crippen LogP contribution is 2.24. The van der Waals surface area contributed by atoms with Crippen molar-refractivity contribution in [2.75, 3.05) is 26.0 Å². The fraction of sp³-hybridized carbons (Fsp3) is 0.304. The van der Waals surface area contributed by atoms with Gasteiger partial charge in [0.05, 0.1) is 22.3 Å². The third-order valence-electron chi connectivity index (χ3n) is 5.18. The highest BCUT2D eigenvalue weighted by molar-refractivity contribution is 7.99. The smallest absolute Gasteiger partial charge is 0.267 e. The van der Waals surface area contributed by atoms with Crippen molar-refractivity contribution < 1.29 is 9.53 Å². The molecule has 4 aromatic rings. The molecular formula is C23H25N5O3S. The van der Waals surface area contributed by atoms with Gasteiger partial charge < -0.3 is 10.1 Å². The van der Waals surface area contributed by atoms with Crippen LogP contribution < -0.4 is 10.9 Å². The molecule has 0 bridgehead atoms. The molecule has 0 aliphatic rings. The minimum Gasteiger partial charge on any atom is -0.385 e. The van der Waals surface area contributed by atoms with E-state index in [1.807, 2.05) is 54.6 Å². The maximum Gasteiger partial charge on any atom is 0.267 e. The van der Waals surface area contributed by atoms with E-state index in [0.29, 0.717) is 35.0 Å². The molecule has 166 valence electrons. The normalized spacial score (nSPS) is 11.3. The molecular weight excluding hydrogens is 426 g/mol. The van der Waals surface area contributed by atoms with Gasteiger partial charge in [-0.15, -0.1) is 10.2 Å². The first-order valence-corrected chi connectivity index (χ1v) is 11.3. The number of hydrogen-bond acceptors (Lipinski definition) is 6. The Bertz CT molecular complexity index is 1340. The molecule has 2 aromatic heterocycles. The van der Waals surface area contributed by atoms with Gasteiger partial charge in [-0.25, -0.2) is 4.57 Å². The summed E-state index contributed by atoms with van der Waals surface area (Å²) < 4.78 is 8.45. The summed E-state index contributed by atoms with van der Waals surface area (Å²) in [5.41, 5.74) is 3.33. The Kier molecular flexibility index (Phi) is 6.57. The number of benzene rings is 2. The number of thioether (sulfide) groups is 1. The van der Waals surface area contributed by atoms with Crippen molar-refractivity contribution in [3.05, 3.63) is 63.9 Å². The number of ether oxygens (including phenoxy) is 1. The molecule has 1 amide bonds. The van der Waals surface area contributed by atoms with Gasteiger partial charge in [0.2, 0.25) is 11.7 Å². The average Bonchev–Trinajstić information content (AvgIpc) is 3.21. The van der Waals surface area contributed by atoms with E-state index in [4.69, 9.17) is 4.74 Å². The molecule has 4 rings (SSSR count). The number of para-hydroxylation sites is 1. The van der Waals surface area contributed by atoms with Crippen LogP contribution in [0.5, 0.6) is 0 Å². The van der Waals surface area contributed by atoms with E-state index in [2.05, 4.69) is 15.5 Å². The third-order valence-corrected chi connectivity index (χ3v) is 6.11. The van der Waals surface area contributed by atoms with Gasteiger partial charge in [-0.2, -0.15) is 0 Å². The highest BCUT2D eigenvalue weighted by Gasteiger charge is 2.19. The average molecular weight is 452 g/mol. The fourth-order valence-corrected chi connectivity index (χ4v) is 4.34. The van der Waals surface area contributed by atoms with E-state index < -0.39 is 0 Å². The van der Waals surface area contributed by atoms with E-state index in [1.165, 1.54) is 11.8 Å². The van der Waals surface area contributed by atoms with E-state index in [1.54, 1.807) is 17.7 Å². The molecule has 0 radical (unpaired) electrons. The van der Waals surface area contributed by atoms with Crippen LogP contribution in [-0.2, 0) is 9.53 Å². The summed E-state index contributed by atoms with van der Waals surface area (Å²) in [6.07, 6.45) is 0.757.